The standard InChI is InChI=1S/C35H41ClF2N8O4/c1-21-27(18-40-46(21)15-16-50-6)24-9-10-26(32(38)31(24)37)29-19-39-33(44(29)5)34(48)41-22-7-8-25(28(36)17-22)35(49)43(4)23-11-13-45(14-12-23)30(47)20-42(2)3/h7-10,17-19,23H,11-16,20H2,1-6H3,(H,41,48). The van der Waals surface area contributed by atoms with Crippen LogP contribution in [0.2, 0.25) is 5.02 Å². The van der Waals surface area contributed by atoms with Crippen LogP contribution in [0.4, 0.5) is 14.5 Å². The van der Waals surface area contributed by atoms with Gasteiger partial charge in [0.2, 0.25) is 5.91 Å². The molecule has 3 heterocycles. The first-order valence-corrected chi connectivity index (χ1v) is 16.5. The summed E-state index contributed by atoms with van der Waals surface area (Å²) in [6.07, 6.45) is 4.09. The molecule has 1 aliphatic heterocycles. The zero-order valence-electron chi connectivity index (χ0n) is 29.0. The van der Waals surface area contributed by atoms with Crippen molar-refractivity contribution in [1.82, 2.24) is 34.0 Å². The van der Waals surface area contributed by atoms with Crippen LogP contribution in [-0.2, 0) is 23.1 Å². The van der Waals surface area contributed by atoms with Crippen molar-refractivity contribution >= 4 is 35.0 Å². The fourth-order valence-electron chi connectivity index (χ4n) is 6.12. The molecule has 12 nitrogen and oxygen atoms in total. The summed E-state index contributed by atoms with van der Waals surface area (Å²) in [6.45, 7) is 4.14. The number of methoxy groups -OCH3 is 1. The zero-order valence-corrected chi connectivity index (χ0v) is 29.7. The number of imidazole rings is 1. The minimum atomic E-state index is -1.08. The summed E-state index contributed by atoms with van der Waals surface area (Å²) in [5.74, 6) is -2.99. The van der Waals surface area contributed by atoms with E-state index in [4.69, 9.17) is 16.3 Å². The molecule has 0 atom stereocenters. The van der Waals surface area contributed by atoms with E-state index in [2.05, 4.69) is 15.4 Å². The normalized spacial score (nSPS) is 13.6. The molecule has 0 saturated carbocycles. The number of piperidine rings is 1. The number of rotatable bonds is 11. The molecule has 15 heteroatoms. The number of likely N-dealkylation sites (N-methyl/N-ethyl adjacent to an activating group) is 1. The number of halogens is 3. The highest BCUT2D eigenvalue weighted by Crippen LogP contribution is 2.33. The van der Waals surface area contributed by atoms with Crippen molar-refractivity contribution in [1.29, 1.82) is 0 Å². The third kappa shape index (κ3) is 7.57. The van der Waals surface area contributed by atoms with Gasteiger partial charge in [0.1, 0.15) is 0 Å². The second-order valence-corrected chi connectivity index (χ2v) is 13.0. The van der Waals surface area contributed by atoms with Gasteiger partial charge in [-0.25, -0.2) is 13.8 Å². The third-order valence-corrected chi connectivity index (χ3v) is 9.36. The Morgan fingerprint density at radius 1 is 1.02 bits per heavy atom. The van der Waals surface area contributed by atoms with Crippen LogP contribution in [-0.4, -0.2) is 112 Å². The highest BCUT2D eigenvalue weighted by atomic mass is 35.5. The summed E-state index contributed by atoms with van der Waals surface area (Å²) in [5, 5.41) is 7.12. The Balaban J connectivity index is 1.25. The first-order valence-electron chi connectivity index (χ1n) is 16.1. The van der Waals surface area contributed by atoms with Crippen LogP contribution in [0.3, 0.4) is 0 Å². The van der Waals surface area contributed by atoms with Gasteiger partial charge >= 0.3 is 0 Å². The first kappa shape index (κ1) is 36.6. The van der Waals surface area contributed by atoms with E-state index in [0.29, 0.717) is 62.6 Å². The molecule has 0 unspecified atom stereocenters. The zero-order chi connectivity index (χ0) is 36.3. The number of nitrogens with zero attached hydrogens (tertiary/aromatic N) is 7. The number of ether oxygens (including phenoxy) is 1. The molecular weight excluding hydrogens is 670 g/mol. The second-order valence-electron chi connectivity index (χ2n) is 12.6. The molecular formula is C35H41ClF2N8O4. The third-order valence-electron chi connectivity index (χ3n) is 9.04. The van der Waals surface area contributed by atoms with E-state index in [1.807, 2.05) is 23.9 Å². The number of anilines is 1. The molecule has 50 heavy (non-hydrogen) atoms. The van der Waals surface area contributed by atoms with E-state index in [1.54, 1.807) is 42.8 Å². The lowest BCUT2D eigenvalue weighted by Gasteiger charge is -2.37. The van der Waals surface area contributed by atoms with Gasteiger partial charge in [-0.3, -0.25) is 19.1 Å². The SMILES string of the molecule is COCCn1ncc(-c2ccc(-c3cnc(C(=O)Nc4ccc(C(=O)N(C)C5CCN(C(=O)CN(C)C)CC5)c(Cl)c4)n3C)c(F)c2F)c1C. The van der Waals surface area contributed by atoms with E-state index < -0.39 is 17.5 Å². The molecule has 0 bridgehead atoms. The van der Waals surface area contributed by atoms with Crippen LogP contribution in [0.25, 0.3) is 22.4 Å². The molecule has 4 aromatic rings. The Hall–Kier alpha value is -4.66. The van der Waals surface area contributed by atoms with Gasteiger partial charge in [-0.15, -0.1) is 0 Å². The molecule has 3 amide bonds. The van der Waals surface area contributed by atoms with Gasteiger partial charge in [0.05, 0.1) is 48.4 Å². The number of carbonyl (C=O) groups excluding carboxylic acids is 3. The average Bonchev–Trinajstić information content (AvgIpc) is 3.65. The molecule has 5 rings (SSSR count). The first-order chi connectivity index (χ1) is 23.8. The van der Waals surface area contributed by atoms with Gasteiger partial charge in [-0.1, -0.05) is 17.7 Å². The van der Waals surface area contributed by atoms with E-state index >= 15 is 8.78 Å². The average molecular weight is 711 g/mol. The number of hydrogen-bond acceptors (Lipinski definition) is 7. The van der Waals surface area contributed by atoms with Crippen LogP contribution in [0.5, 0.6) is 0 Å². The van der Waals surface area contributed by atoms with Crippen molar-refractivity contribution in [2.45, 2.75) is 32.4 Å². The van der Waals surface area contributed by atoms with Crippen molar-refractivity contribution in [3.8, 4) is 22.4 Å². The van der Waals surface area contributed by atoms with Crippen LogP contribution >= 0.6 is 11.6 Å². The van der Waals surface area contributed by atoms with Crippen molar-refractivity contribution in [3.63, 3.8) is 0 Å². The molecule has 1 N–H and O–H groups in total. The number of hydrogen-bond donors (Lipinski definition) is 1. The quantitative estimate of drug-likeness (QED) is 0.240. The predicted molar refractivity (Wildman–Crippen MR) is 186 cm³/mol. The maximum Gasteiger partial charge on any atom is 0.291 e. The van der Waals surface area contributed by atoms with Gasteiger partial charge in [-0.2, -0.15) is 5.10 Å². The Labute approximate surface area is 294 Å². The Morgan fingerprint density at radius 3 is 2.36 bits per heavy atom. The fraction of sp³-hybridized carbons (Fsp3) is 0.400. The maximum atomic E-state index is 15.5. The number of benzene rings is 2. The van der Waals surface area contributed by atoms with E-state index in [-0.39, 0.29) is 51.1 Å². The highest BCUT2D eigenvalue weighted by Gasteiger charge is 2.29. The topological polar surface area (TPSA) is 118 Å². The summed E-state index contributed by atoms with van der Waals surface area (Å²) >= 11 is 6.52. The molecule has 0 radical (unpaired) electrons. The Bertz CT molecular complexity index is 1900. The molecule has 266 valence electrons. The molecule has 0 spiro atoms. The van der Waals surface area contributed by atoms with Gasteiger partial charge in [-0.05, 0) is 58.1 Å². The summed E-state index contributed by atoms with van der Waals surface area (Å²) < 4.78 is 39.0. The smallest absolute Gasteiger partial charge is 0.291 e. The van der Waals surface area contributed by atoms with Crippen molar-refractivity contribution in [2.24, 2.45) is 7.05 Å². The monoisotopic (exact) mass is 710 g/mol. The predicted octanol–water partition coefficient (Wildman–Crippen LogP) is 4.71. The second kappa shape index (κ2) is 15.5. The molecule has 2 aromatic heterocycles. The molecule has 1 fully saturated rings. The van der Waals surface area contributed by atoms with Crippen molar-refractivity contribution in [3.05, 3.63) is 76.5 Å². The lowest BCUT2D eigenvalue weighted by molar-refractivity contribution is -0.133. The minimum Gasteiger partial charge on any atom is -0.383 e. The fourth-order valence-corrected chi connectivity index (χ4v) is 6.38. The largest absolute Gasteiger partial charge is 0.383 e. The van der Waals surface area contributed by atoms with Gasteiger partial charge in [0, 0.05) is 68.4 Å². The summed E-state index contributed by atoms with van der Waals surface area (Å²) in [4.78, 5) is 48.5. The molecule has 1 aliphatic rings. The number of amides is 3. The van der Waals surface area contributed by atoms with E-state index in [0.717, 1.165) is 0 Å². The Morgan fingerprint density at radius 2 is 1.70 bits per heavy atom. The lowest BCUT2D eigenvalue weighted by Crippen LogP contribution is -2.49. The molecule has 1 saturated heterocycles. The van der Waals surface area contributed by atoms with E-state index in [9.17, 15) is 14.4 Å². The van der Waals surface area contributed by atoms with Crippen molar-refractivity contribution in [2.75, 3.05) is 59.8 Å². The number of nitrogens with one attached hydrogen (secondary N) is 1. The lowest BCUT2D eigenvalue weighted by atomic mass is 10.0. The van der Waals surface area contributed by atoms with E-state index in [1.165, 1.54) is 42.2 Å². The molecule has 0 aliphatic carbocycles. The van der Waals surface area contributed by atoms with Crippen LogP contribution in [0.15, 0.2) is 42.7 Å². The summed E-state index contributed by atoms with van der Waals surface area (Å²) in [6, 6.07) is 7.44. The summed E-state index contributed by atoms with van der Waals surface area (Å²) in [7, 11) is 8.52. The van der Waals surface area contributed by atoms with Crippen molar-refractivity contribution < 1.29 is 27.9 Å². The van der Waals surface area contributed by atoms with Crippen LogP contribution in [0.1, 0.15) is 39.5 Å². The number of carbonyl (C=O) groups is 3. The van der Waals surface area contributed by atoms with Gasteiger partial charge < -0.3 is 29.3 Å². The Kier molecular flexibility index (Phi) is 11.3. The van der Waals surface area contributed by atoms with Gasteiger partial charge in [0.25, 0.3) is 11.8 Å². The maximum absolute atomic E-state index is 15.5. The van der Waals surface area contributed by atoms with Crippen LogP contribution in [0, 0.1) is 18.6 Å². The molecule has 2 aromatic carbocycles. The minimum absolute atomic E-state index is 0.0504. The highest BCUT2D eigenvalue weighted by molar-refractivity contribution is 6.34. The summed E-state index contributed by atoms with van der Waals surface area (Å²) in [5.41, 5.74) is 1.92. The van der Waals surface area contributed by atoms with Crippen LogP contribution < -0.4 is 5.32 Å². The number of likely N-dealkylation sites (tertiary alicyclic amines) is 1. The number of aromatic nitrogens is 4. The van der Waals surface area contributed by atoms with Gasteiger partial charge in [0.15, 0.2) is 17.5 Å².